The molecule has 2 unspecified atom stereocenters. The summed E-state index contributed by atoms with van der Waals surface area (Å²) in [6.07, 6.45) is 1.73. The molecule has 1 aliphatic rings. The molecule has 3 nitrogen and oxygen atoms in total. The molecular weight excluding hydrogens is 238 g/mol. The van der Waals surface area contributed by atoms with E-state index in [9.17, 15) is 0 Å². The number of hydrogen-bond donors (Lipinski definition) is 1. The average molecular weight is 256 g/mol. The molecule has 2 N–H and O–H groups in total. The van der Waals surface area contributed by atoms with Crippen molar-refractivity contribution >= 4 is 11.6 Å². The van der Waals surface area contributed by atoms with Crippen LogP contribution in [0.15, 0.2) is 6.07 Å². The first-order chi connectivity index (χ1) is 8.02. The van der Waals surface area contributed by atoms with Crippen LogP contribution in [0.2, 0.25) is 5.02 Å². The molecule has 94 valence electrons. The summed E-state index contributed by atoms with van der Waals surface area (Å²) in [5.74, 6) is 1.54. The first kappa shape index (κ1) is 12.5. The van der Waals surface area contributed by atoms with Crippen LogP contribution in [-0.4, -0.2) is 19.3 Å². The van der Waals surface area contributed by atoms with Crippen LogP contribution in [-0.2, 0) is 12.8 Å². The van der Waals surface area contributed by atoms with Gasteiger partial charge in [0, 0.05) is 18.0 Å². The molecule has 0 saturated heterocycles. The minimum Gasteiger partial charge on any atom is -0.493 e. The lowest BCUT2D eigenvalue weighted by Gasteiger charge is -2.14. The van der Waals surface area contributed by atoms with E-state index in [4.69, 9.17) is 26.8 Å². The van der Waals surface area contributed by atoms with Gasteiger partial charge in [0.1, 0.15) is 6.10 Å². The van der Waals surface area contributed by atoms with Crippen molar-refractivity contribution in [2.75, 3.05) is 7.11 Å². The third kappa shape index (κ3) is 2.35. The van der Waals surface area contributed by atoms with Gasteiger partial charge in [-0.1, -0.05) is 11.6 Å². The van der Waals surface area contributed by atoms with Gasteiger partial charge in [-0.2, -0.15) is 0 Å². The van der Waals surface area contributed by atoms with Gasteiger partial charge in [-0.15, -0.1) is 0 Å². The molecular formula is C13H18ClNO2. The molecule has 1 aromatic rings. The Labute approximate surface area is 107 Å². The number of hydrogen-bond acceptors (Lipinski definition) is 3. The molecule has 1 aliphatic heterocycles. The number of fused-ring (bicyclic) bond motifs is 1. The quantitative estimate of drug-likeness (QED) is 0.903. The zero-order valence-corrected chi connectivity index (χ0v) is 11.2. The second kappa shape index (κ2) is 4.75. The first-order valence-corrected chi connectivity index (χ1v) is 6.21. The Kier molecular flexibility index (Phi) is 3.50. The number of nitrogens with two attached hydrogens (primary N) is 1. The zero-order valence-electron chi connectivity index (χ0n) is 10.4. The molecule has 0 fully saturated rings. The van der Waals surface area contributed by atoms with Crippen LogP contribution < -0.4 is 15.2 Å². The third-order valence-electron chi connectivity index (χ3n) is 2.92. The Morgan fingerprint density at radius 1 is 1.65 bits per heavy atom. The minimum atomic E-state index is 0.0787. The predicted molar refractivity (Wildman–Crippen MR) is 69.2 cm³/mol. The number of methoxy groups -OCH3 is 1. The molecule has 0 saturated carbocycles. The third-order valence-corrected chi connectivity index (χ3v) is 3.39. The standard InChI is InChI=1S/C13H18ClNO2/c1-7(15)4-9-6-11(16-3)13-10(12(9)14)5-8(2)17-13/h6-8H,4-5,15H2,1-3H3. The molecule has 4 heteroatoms. The summed E-state index contributed by atoms with van der Waals surface area (Å²) in [5, 5.41) is 0.780. The molecule has 2 rings (SSSR count). The van der Waals surface area contributed by atoms with Crippen LogP contribution in [0.25, 0.3) is 0 Å². The first-order valence-electron chi connectivity index (χ1n) is 5.83. The second-order valence-corrected chi connectivity index (χ2v) is 5.05. The van der Waals surface area contributed by atoms with Crippen LogP contribution in [0.4, 0.5) is 0 Å². The normalized spacial score (nSPS) is 19.7. The summed E-state index contributed by atoms with van der Waals surface area (Å²) >= 11 is 6.40. The van der Waals surface area contributed by atoms with Crippen molar-refractivity contribution < 1.29 is 9.47 Å². The molecule has 17 heavy (non-hydrogen) atoms. The Hall–Kier alpha value is -0.930. The maximum atomic E-state index is 6.40. The van der Waals surface area contributed by atoms with E-state index in [1.165, 1.54) is 0 Å². The smallest absolute Gasteiger partial charge is 0.166 e. The van der Waals surface area contributed by atoms with Crippen molar-refractivity contribution in [3.8, 4) is 11.5 Å². The van der Waals surface area contributed by atoms with Gasteiger partial charge in [-0.3, -0.25) is 0 Å². The maximum Gasteiger partial charge on any atom is 0.166 e. The predicted octanol–water partition coefficient (Wildman–Crippen LogP) is 2.56. The van der Waals surface area contributed by atoms with Gasteiger partial charge in [0.25, 0.3) is 0 Å². The van der Waals surface area contributed by atoms with E-state index in [1.807, 2.05) is 19.9 Å². The molecule has 0 aliphatic carbocycles. The summed E-state index contributed by atoms with van der Waals surface area (Å²) < 4.78 is 11.1. The summed E-state index contributed by atoms with van der Waals surface area (Å²) in [6.45, 7) is 4.00. The average Bonchev–Trinajstić information content (AvgIpc) is 2.64. The van der Waals surface area contributed by atoms with Gasteiger partial charge < -0.3 is 15.2 Å². The monoisotopic (exact) mass is 255 g/mol. The van der Waals surface area contributed by atoms with E-state index in [0.29, 0.717) is 0 Å². The molecule has 0 amide bonds. The van der Waals surface area contributed by atoms with Gasteiger partial charge >= 0.3 is 0 Å². The van der Waals surface area contributed by atoms with E-state index >= 15 is 0 Å². The van der Waals surface area contributed by atoms with Crippen molar-refractivity contribution in [2.24, 2.45) is 5.73 Å². The topological polar surface area (TPSA) is 44.5 Å². The van der Waals surface area contributed by atoms with Crippen molar-refractivity contribution in [3.05, 3.63) is 22.2 Å². The van der Waals surface area contributed by atoms with E-state index in [1.54, 1.807) is 7.11 Å². The number of rotatable bonds is 3. The maximum absolute atomic E-state index is 6.40. The van der Waals surface area contributed by atoms with Gasteiger partial charge in [-0.25, -0.2) is 0 Å². The van der Waals surface area contributed by atoms with Gasteiger partial charge in [0.2, 0.25) is 0 Å². The van der Waals surface area contributed by atoms with Crippen LogP contribution in [0.3, 0.4) is 0 Å². The van der Waals surface area contributed by atoms with Crippen LogP contribution in [0, 0.1) is 0 Å². The fourth-order valence-corrected chi connectivity index (χ4v) is 2.51. The molecule has 1 aromatic carbocycles. The number of halogens is 1. The lowest BCUT2D eigenvalue weighted by atomic mass is 10.0. The Bertz CT molecular complexity index is 432. The molecule has 2 atom stereocenters. The van der Waals surface area contributed by atoms with Gasteiger partial charge in [0.15, 0.2) is 11.5 Å². The lowest BCUT2D eigenvalue weighted by molar-refractivity contribution is 0.243. The van der Waals surface area contributed by atoms with Gasteiger partial charge in [0.05, 0.1) is 12.1 Å². The number of ether oxygens (including phenoxy) is 2. The zero-order chi connectivity index (χ0) is 12.6. The highest BCUT2D eigenvalue weighted by atomic mass is 35.5. The summed E-state index contributed by atoms with van der Waals surface area (Å²) in [6, 6.07) is 2.01. The fourth-order valence-electron chi connectivity index (χ4n) is 2.22. The summed E-state index contributed by atoms with van der Waals surface area (Å²) in [7, 11) is 1.64. The number of benzene rings is 1. The lowest BCUT2D eigenvalue weighted by Crippen LogP contribution is -2.18. The minimum absolute atomic E-state index is 0.0787. The highest BCUT2D eigenvalue weighted by Gasteiger charge is 2.27. The Morgan fingerprint density at radius 3 is 2.94 bits per heavy atom. The molecule has 0 bridgehead atoms. The van der Waals surface area contributed by atoms with E-state index < -0.39 is 0 Å². The van der Waals surface area contributed by atoms with Crippen molar-refractivity contribution in [1.82, 2.24) is 0 Å². The van der Waals surface area contributed by atoms with Crippen LogP contribution in [0.5, 0.6) is 11.5 Å². The van der Waals surface area contributed by atoms with E-state index in [2.05, 4.69) is 0 Å². The Morgan fingerprint density at radius 2 is 2.35 bits per heavy atom. The molecule has 1 heterocycles. The SMILES string of the molecule is COc1cc(CC(C)N)c(Cl)c2c1OC(C)C2. The van der Waals surface area contributed by atoms with Crippen LogP contribution in [0.1, 0.15) is 25.0 Å². The highest BCUT2D eigenvalue weighted by molar-refractivity contribution is 6.32. The van der Waals surface area contributed by atoms with Crippen molar-refractivity contribution in [3.63, 3.8) is 0 Å². The van der Waals surface area contributed by atoms with E-state index in [-0.39, 0.29) is 12.1 Å². The Balaban J connectivity index is 2.47. The van der Waals surface area contributed by atoms with E-state index in [0.717, 1.165) is 40.5 Å². The van der Waals surface area contributed by atoms with Crippen molar-refractivity contribution in [2.45, 2.75) is 38.8 Å². The molecule has 0 aromatic heterocycles. The van der Waals surface area contributed by atoms with Gasteiger partial charge in [-0.05, 0) is 31.9 Å². The van der Waals surface area contributed by atoms with Crippen LogP contribution >= 0.6 is 11.6 Å². The summed E-state index contributed by atoms with van der Waals surface area (Å²) in [5.41, 5.74) is 7.91. The fraction of sp³-hybridized carbons (Fsp3) is 0.538. The largest absolute Gasteiger partial charge is 0.493 e. The molecule has 0 radical (unpaired) electrons. The molecule has 0 spiro atoms. The summed E-state index contributed by atoms with van der Waals surface area (Å²) in [4.78, 5) is 0. The highest BCUT2D eigenvalue weighted by Crippen LogP contribution is 2.44. The van der Waals surface area contributed by atoms with Crippen molar-refractivity contribution in [1.29, 1.82) is 0 Å². The second-order valence-electron chi connectivity index (χ2n) is 4.67.